The van der Waals surface area contributed by atoms with E-state index in [4.69, 9.17) is 0 Å². The number of urea groups is 1. The quantitative estimate of drug-likeness (QED) is 0.540. The standard InChI is InChI=1S/C23H31N5O4S/c1-3-19-8-4-5-10-21(19)26-22(29)17-27-11-13-28(14-12-27)23(30)25-16-18-7-6-9-20(15-18)33(31,32)24-2/h4-10,15,24H,3,11-14,16-17H2,1-2H3,(H,25,30)(H,26,29). The molecule has 1 heterocycles. The van der Waals surface area contributed by atoms with Gasteiger partial charge in [0.15, 0.2) is 0 Å². The third-order valence-electron chi connectivity index (χ3n) is 5.62. The van der Waals surface area contributed by atoms with Gasteiger partial charge in [-0.25, -0.2) is 17.9 Å². The van der Waals surface area contributed by atoms with Crippen molar-refractivity contribution in [2.45, 2.75) is 24.8 Å². The van der Waals surface area contributed by atoms with Crippen LogP contribution in [0.5, 0.6) is 0 Å². The number of rotatable bonds is 8. The third kappa shape index (κ3) is 6.77. The van der Waals surface area contributed by atoms with Crippen molar-refractivity contribution in [2.75, 3.05) is 45.1 Å². The maximum Gasteiger partial charge on any atom is 0.317 e. The van der Waals surface area contributed by atoms with Gasteiger partial charge in [0.25, 0.3) is 0 Å². The fourth-order valence-corrected chi connectivity index (χ4v) is 4.48. The molecule has 178 valence electrons. The first kappa shape index (κ1) is 24.7. The molecule has 0 radical (unpaired) electrons. The molecular formula is C23H31N5O4S. The summed E-state index contributed by atoms with van der Waals surface area (Å²) in [5.41, 5.74) is 2.64. The van der Waals surface area contributed by atoms with E-state index in [0.29, 0.717) is 31.7 Å². The molecule has 0 aromatic heterocycles. The summed E-state index contributed by atoms with van der Waals surface area (Å²) >= 11 is 0. The van der Waals surface area contributed by atoms with E-state index in [1.54, 1.807) is 23.1 Å². The molecule has 1 saturated heterocycles. The highest BCUT2D eigenvalue weighted by molar-refractivity contribution is 7.89. The minimum Gasteiger partial charge on any atom is -0.334 e. The average molecular weight is 474 g/mol. The molecule has 0 spiro atoms. The Hall–Kier alpha value is -2.95. The molecule has 0 saturated carbocycles. The van der Waals surface area contributed by atoms with Crippen LogP contribution in [0.15, 0.2) is 53.4 Å². The van der Waals surface area contributed by atoms with Gasteiger partial charge in [-0.05, 0) is 42.8 Å². The van der Waals surface area contributed by atoms with Gasteiger partial charge in [-0.15, -0.1) is 0 Å². The van der Waals surface area contributed by atoms with Crippen LogP contribution < -0.4 is 15.4 Å². The molecule has 0 atom stereocenters. The number of hydrogen-bond donors (Lipinski definition) is 3. The first-order valence-corrected chi connectivity index (χ1v) is 12.5. The van der Waals surface area contributed by atoms with E-state index < -0.39 is 10.0 Å². The molecule has 3 amide bonds. The first-order chi connectivity index (χ1) is 15.8. The lowest BCUT2D eigenvalue weighted by atomic mass is 10.1. The Balaban J connectivity index is 1.44. The molecular weight excluding hydrogens is 442 g/mol. The van der Waals surface area contributed by atoms with Crippen LogP contribution in [0.25, 0.3) is 0 Å². The Kier molecular flexibility index (Phi) is 8.43. The van der Waals surface area contributed by atoms with Crippen molar-refractivity contribution in [1.29, 1.82) is 0 Å². The van der Waals surface area contributed by atoms with Gasteiger partial charge >= 0.3 is 6.03 Å². The van der Waals surface area contributed by atoms with Gasteiger partial charge in [0.2, 0.25) is 15.9 Å². The molecule has 3 N–H and O–H groups in total. The van der Waals surface area contributed by atoms with Crippen LogP contribution in [0.4, 0.5) is 10.5 Å². The monoisotopic (exact) mass is 473 g/mol. The Morgan fingerprint density at radius 1 is 1.00 bits per heavy atom. The van der Waals surface area contributed by atoms with E-state index in [9.17, 15) is 18.0 Å². The molecule has 2 aromatic rings. The molecule has 1 aliphatic rings. The SMILES string of the molecule is CCc1ccccc1NC(=O)CN1CCN(C(=O)NCc2cccc(S(=O)(=O)NC)c2)CC1. The predicted molar refractivity (Wildman–Crippen MR) is 127 cm³/mol. The highest BCUT2D eigenvalue weighted by Crippen LogP contribution is 2.15. The van der Waals surface area contributed by atoms with Crippen LogP contribution in [-0.2, 0) is 27.8 Å². The molecule has 0 bridgehead atoms. The number of carbonyl (C=O) groups is 2. The zero-order valence-corrected chi connectivity index (χ0v) is 19.8. The van der Waals surface area contributed by atoms with E-state index in [0.717, 1.165) is 17.7 Å². The summed E-state index contributed by atoms with van der Waals surface area (Å²) in [7, 11) is -2.17. The highest BCUT2D eigenvalue weighted by atomic mass is 32.2. The van der Waals surface area contributed by atoms with E-state index >= 15 is 0 Å². The first-order valence-electron chi connectivity index (χ1n) is 11.0. The van der Waals surface area contributed by atoms with Crippen LogP contribution in [0.1, 0.15) is 18.1 Å². The van der Waals surface area contributed by atoms with Gasteiger partial charge in [-0.1, -0.05) is 37.3 Å². The number of anilines is 1. The summed E-state index contributed by atoms with van der Waals surface area (Å²) in [4.78, 5) is 28.9. The van der Waals surface area contributed by atoms with Gasteiger partial charge in [-0.3, -0.25) is 9.69 Å². The number of amides is 3. The van der Waals surface area contributed by atoms with Crippen LogP contribution in [-0.4, -0.2) is 69.9 Å². The lowest BCUT2D eigenvalue weighted by Crippen LogP contribution is -2.52. The van der Waals surface area contributed by atoms with Crippen LogP contribution >= 0.6 is 0 Å². The Labute approximate surface area is 195 Å². The number of para-hydroxylation sites is 1. The van der Waals surface area contributed by atoms with Crippen molar-refractivity contribution in [3.8, 4) is 0 Å². The van der Waals surface area contributed by atoms with Crippen molar-refractivity contribution in [2.24, 2.45) is 0 Å². The number of sulfonamides is 1. The Morgan fingerprint density at radius 2 is 1.73 bits per heavy atom. The fraction of sp³-hybridized carbons (Fsp3) is 0.391. The molecule has 1 fully saturated rings. The molecule has 10 heteroatoms. The van der Waals surface area contributed by atoms with Crippen molar-refractivity contribution in [3.05, 3.63) is 59.7 Å². The van der Waals surface area contributed by atoms with Gasteiger partial charge in [0.1, 0.15) is 0 Å². The predicted octanol–water partition coefficient (Wildman–Crippen LogP) is 1.62. The molecule has 0 unspecified atom stereocenters. The lowest BCUT2D eigenvalue weighted by Gasteiger charge is -2.34. The number of piperazine rings is 1. The second-order valence-electron chi connectivity index (χ2n) is 7.84. The number of nitrogens with one attached hydrogen (secondary N) is 3. The van der Waals surface area contributed by atoms with Gasteiger partial charge < -0.3 is 15.5 Å². The van der Waals surface area contributed by atoms with Crippen LogP contribution in [0.2, 0.25) is 0 Å². The molecule has 9 nitrogen and oxygen atoms in total. The fourth-order valence-electron chi connectivity index (χ4n) is 3.68. The minimum atomic E-state index is -3.53. The number of hydrogen-bond acceptors (Lipinski definition) is 5. The summed E-state index contributed by atoms with van der Waals surface area (Å²) < 4.78 is 26.2. The second-order valence-corrected chi connectivity index (χ2v) is 9.72. The van der Waals surface area contributed by atoms with Crippen LogP contribution in [0, 0.1) is 0 Å². The van der Waals surface area contributed by atoms with E-state index in [1.165, 1.54) is 13.1 Å². The van der Waals surface area contributed by atoms with Crippen molar-refractivity contribution in [3.63, 3.8) is 0 Å². The zero-order valence-electron chi connectivity index (χ0n) is 19.0. The van der Waals surface area contributed by atoms with Gasteiger partial charge in [-0.2, -0.15) is 0 Å². The Bertz CT molecular complexity index is 1080. The molecule has 1 aliphatic heterocycles. The Morgan fingerprint density at radius 3 is 2.42 bits per heavy atom. The maximum absolute atomic E-state index is 12.5. The lowest BCUT2D eigenvalue weighted by molar-refractivity contribution is -0.117. The number of aryl methyl sites for hydroxylation is 1. The van der Waals surface area contributed by atoms with E-state index in [2.05, 4.69) is 22.3 Å². The normalized spacial score (nSPS) is 14.7. The van der Waals surface area contributed by atoms with Crippen molar-refractivity contribution >= 4 is 27.6 Å². The molecule has 2 aromatic carbocycles. The molecule has 0 aliphatic carbocycles. The summed E-state index contributed by atoms with van der Waals surface area (Å²) in [6.45, 7) is 4.79. The summed E-state index contributed by atoms with van der Waals surface area (Å²) in [5, 5.41) is 5.82. The molecule has 33 heavy (non-hydrogen) atoms. The minimum absolute atomic E-state index is 0.0646. The topological polar surface area (TPSA) is 111 Å². The van der Waals surface area contributed by atoms with Gasteiger partial charge in [0, 0.05) is 38.4 Å². The highest BCUT2D eigenvalue weighted by Gasteiger charge is 2.22. The number of benzene rings is 2. The summed E-state index contributed by atoms with van der Waals surface area (Å²) in [6, 6.07) is 14.0. The summed E-state index contributed by atoms with van der Waals surface area (Å²) in [5.74, 6) is -0.0646. The molecule has 3 rings (SSSR count). The van der Waals surface area contributed by atoms with E-state index in [1.807, 2.05) is 29.2 Å². The average Bonchev–Trinajstić information content (AvgIpc) is 2.83. The van der Waals surface area contributed by atoms with Gasteiger partial charge in [0.05, 0.1) is 11.4 Å². The maximum atomic E-state index is 12.5. The largest absolute Gasteiger partial charge is 0.334 e. The van der Waals surface area contributed by atoms with E-state index in [-0.39, 0.29) is 29.9 Å². The second kappa shape index (κ2) is 11.3. The van der Waals surface area contributed by atoms with Crippen molar-refractivity contribution in [1.82, 2.24) is 19.8 Å². The summed E-state index contributed by atoms with van der Waals surface area (Å²) in [6.07, 6.45) is 0.847. The zero-order chi connectivity index (χ0) is 23.8. The smallest absolute Gasteiger partial charge is 0.317 e. The number of carbonyl (C=O) groups excluding carboxylic acids is 2. The number of nitrogens with zero attached hydrogens (tertiary/aromatic N) is 2. The van der Waals surface area contributed by atoms with Crippen LogP contribution in [0.3, 0.4) is 0 Å². The third-order valence-corrected chi connectivity index (χ3v) is 7.03. The van der Waals surface area contributed by atoms with Crippen molar-refractivity contribution < 1.29 is 18.0 Å².